The minimum atomic E-state index is -0.520. The first-order valence-electron chi connectivity index (χ1n) is 9.64. The summed E-state index contributed by atoms with van der Waals surface area (Å²) in [6.45, 7) is 8.11. The van der Waals surface area contributed by atoms with E-state index in [1.165, 1.54) is 11.1 Å². The molecular weight excluding hydrogens is 368 g/mol. The first-order chi connectivity index (χ1) is 13.4. The van der Waals surface area contributed by atoms with Gasteiger partial charge in [0.1, 0.15) is 6.04 Å². The molecule has 1 atom stereocenters. The number of amides is 2. The summed E-state index contributed by atoms with van der Waals surface area (Å²) < 4.78 is 0. The number of carbonyl (C=O) groups is 2. The monoisotopic (exact) mass is 398 g/mol. The van der Waals surface area contributed by atoms with Crippen molar-refractivity contribution in [1.82, 2.24) is 10.2 Å². The average Bonchev–Trinajstić information content (AvgIpc) is 2.67. The Hall–Kier alpha value is -2.27. The van der Waals surface area contributed by atoms with Crippen LogP contribution in [0.3, 0.4) is 0 Å². The second kappa shape index (κ2) is 10.9. The molecular formula is C23H30N2O2S. The second-order valence-electron chi connectivity index (χ2n) is 7.32. The third kappa shape index (κ3) is 7.04. The largest absolute Gasteiger partial charge is 0.352 e. The van der Waals surface area contributed by atoms with Crippen LogP contribution in [0.1, 0.15) is 37.5 Å². The Balaban J connectivity index is 2.05. The molecule has 0 radical (unpaired) electrons. The zero-order chi connectivity index (χ0) is 20.5. The van der Waals surface area contributed by atoms with E-state index in [1.54, 1.807) is 23.6 Å². The highest BCUT2D eigenvalue weighted by molar-refractivity contribution is 7.99. The average molecular weight is 399 g/mol. The van der Waals surface area contributed by atoms with E-state index in [4.69, 9.17) is 0 Å². The van der Waals surface area contributed by atoms with Crippen LogP contribution < -0.4 is 5.32 Å². The molecule has 0 saturated heterocycles. The molecule has 0 aromatic heterocycles. The van der Waals surface area contributed by atoms with Gasteiger partial charge in [-0.25, -0.2) is 0 Å². The standard InChI is InChI=1S/C23H30N2O2S/c1-17(2)24-23(27)19(4)25(14-20-12-10-18(3)11-13-20)22(26)16-28-15-21-8-6-5-7-9-21/h5-13,17,19H,14-16H2,1-4H3,(H,24,27). The van der Waals surface area contributed by atoms with Gasteiger partial charge < -0.3 is 10.2 Å². The van der Waals surface area contributed by atoms with Crippen LogP contribution in [0.15, 0.2) is 54.6 Å². The van der Waals surface area contributed by atoms with Crippen LogP contribution in [0.25, 0.3) is 0 Å². The molecule has 0 spiro atoms. The SMILES string of the molecule is Cc1ccc(CN(C(=O)CSCc2ccccc2)C(C)C(=O)NC(C)C)cc1. The van der Waals surface area contributed by atoms with Gasteiger partial charge in [0.25, 0.3) is 0 Å². The Morgan fingerprint density at radius 3 is 2.21 bits per heavy atom. The minimum absolute atomic E-state index is 0.0205. The van der Waals surface area contributed by atoms with Crippen LogP contribution in [-0.2, 0) is 21.9 Å². The number of aryl methyl sites for hydroxylation is 1. The van der Waals surface area contributed by atoms with E-state index in [1.807, 2.05) is 63.2 Å². The Morgan fingerprint density at radius 2 is 1.61 bits per heavy atom. The van der Waals surface area contributed by atoms with Gasteiger partial charge in [-0.15, -0.1) is 11.8 Å². The van der Waals surface area contributed by atoms with E-state index < -0.39 is 6.04 Å². The zero-order valence-corrected chi connectivity index (χ0v) is 18.0. The number of benzene rings is 2. The van der Waals surface area contributed by atoms with Gasteiger partial charge >= 0.3 is 0 Å². The van der Waals surface area contributed by atoms with E-state index >= 15 is 0 Å². The summed E-state index contributed by atoms with van der Waals surface area (Å²) in [5.74, 6) is 0.980. The normalized spacial score (nSPS) is 11.9. The molecule has 2 amide bonds. The van der Waals surface area contributed by atoms with E-state index in [0.29, 0.717) is 12.3 Å². The number of hydrogen-bond acceptors (Lipinski definition) is 3. The van der Waals surface area contributed by atoms with Crippen molar-refractivity contribution in [2.75, 3.05) is 5.75 Å². The van der Waals surface area contributed by atoms with Crippen molar-refractivity contribution in [2.45, 2.75) is 52.1 Å². The number of nitrogens with one attached hydrogen (secondary N) is 1. The molecule has 1 unspecified atom stereocenters. The lowest BCUT2D eigenvalue weighted by molar-refractivity contribution is -0.138. The van der Waals surface area contributed by atoms with Crippen LogP contribution in [0.2, 0.25) is 0 Å². The number of nitrogens with zero attached hydrogens (tertiary/aromatic N) is 1. The van der Waals surface area contributed by atoms with Gasteiger partial charge in [0, 0.05) is 18.3 Å². The molecule has 5 heteroatoms. The number of hydrogen-bond donors (Lipinski definition) is 1. The van der Waals surface area contributed by atoms with Crippen molar-refractivity contribution in [3.05, 3.63) is 71.3 Å². The molecule has 0 saturated carbocycles. The summed E-state index contributed by atoms with van der Waals surface area (Å²) in [6, 6.07) is 17.7. The van der Waals surface area contributed by atoms with Gasteiger partial charge in [0.05, 0.1) is 5.75 Å². The molecule has 0 aliphatic rings. The summed E-state index contributed by atoms with van der Waals surface area (Å²) >= 11 is 1.58. The summed E-state index contributed by atoms with van der Waals surface area (Å²) in [6.07, 6.45) is 0. The maximum Gasteiger partial charge on any atom is 0.242 e. The molecule has 2 aromatic carbocycles. The predicted molar refractivity (Wildman–Crippen MR) is 117 cm³/mol. The molecule has 0 fully saturated rings. The fraction of sp³-hybridized carbons (Fsp3) is 0.391. The highest BCUT2D eigenvalue weighted by Crippen LogP contribution is 2.16. The molecule has 0 aliphatic heterocycles. The number of thioether (sulfide) groups is 1. The lowest BCUT2D eigenvalue weighted by Gasteiger charge is -2.29. The van der Waals surface area contributed by atoms with Gasteiger partial charge in [0.15, 0.2) is 0 Å². The topological polar surface area (TPSA) is 49.4 Å². The molecule has 28 heavy (non-hydrogen) atoms. The molecule has 0 heterocycles. The quantitative estimate of drug-likeness (QED) is 0.690. The second-order valence-corrected chi connectivity index (χ2v) is 8.31. The Morgan fingerprint density at radius 1 is 0.964 bits per heavy atom. The van der Waals surface area contributed by atoms with Crippen molar-refractivity contribution in [3.63, 3.8) is 0 Å². The van der Waals surface area contributed by atoms with Crippen molar-refractivity contribution in [3.8, 4) is 0 Å². The van der Waals surface area contributed by atoms with Crippen molar-refractivity contribution >= 4 is 23.6 Å². The third-order valence-corrected chi connectivity index (χ3v) is 5.40. The molecule has 2 rings (SSSR count). The van der Waals surface area contributed by atoms with E-state index in [-0.39, 0.29) is 17.9 Å². The summed E-state index contributed by atoms with van der Waals surface area (Å²) in [4.78, 5) is 27.2. The predicted octanol–water partition coefficient (Wildman–Crippen LogP) is 4.17. The third-order valence-electron chi connectivity index (χ3n) is 4.41. The van der Waals surface area contributed by atoms with Crippen LogP contribution in [-0.4, -0.2) is 34.6 Å². The Bertz CT molecular complexity index is 760. The van der Waals surface area contributed by atoms with E-state index in [2.05, 4.69) is 17.4 Å². The molecule has 0 aliphatic carbocycles. The zero-order valence-electron chi connectivity index (χ0n) is 17.1. The van der Waals surface area contributed by atoms with Crippen molar-refractivity contribution in [1.29, 1.82) is 0 Å². The Kier molecular flexibility index (Phi) is 8.58. The smallest absolute Gasteiger partial charge is 0.242 e. The summed E-state index contributed by atoms with van der Waals surface area (Å²) in [7, 11) is 0. The lowest BCUT2D eigenvalue weighted by atomic mass is 10.1. The fourth-order valence-electron chi connectivity index (χ4n) is 2.79. The fourth-order valence-corrected chi connectivity index (χ4v) is 3.66. The van der Waals surface area contributed by atoms with Gasteiger partial charge in [-0.3, -0.25) is 9.59 Å². The van der Waals surface area contributed by atoms with Crippen LogP contribution in [0.4, 0.5) is 0 Å². The van der Waals surface area contributed by atoms with Gasteiger partial charge in [-0.05, 0) is 38.8 Å². The van der Waals surface area contributed by atoms with Crippen LogP contribution in [0, 0.1) is 6.92 Å². The first kappa shape index (κ1) is 22.0. The molecule has 0 bridgehead atoms. The molecule has 1 N–H and O–H groups in total. The summed E-state index contributed by atoms with van der Waals surface area (Å²) in [5.41, 5.74) is 3.39. The minimum Gasteiger partial charge on any atom is -0.352 e. The summed E-state index contributed by atoms with van der Waals surface area (Å²) in [5, 5.41) is 2.92. The van der Waals surface area contributed by atoms with Crippen molar-refractivity contribution in [2.24, 2.45) is 0 Å². The van der Waals surface area contributed by atoms with Gasteiger partial charge in [-0.1, -0.05) is 60.2 Å². The van der Waals surface area contributed by atoms with E-state index in [9.17, 15) is 9.59 Å². The molecule has 150 valence electrons. The van der Waals surface area contributed by atoms with Gasteiger partial charge in [-0.2, -0.15) is 0 Å². The maximum absolute atomic E-state index is 13.0. The molecule has 4 nitrogen and oxygen atoms in total. The number of carbonyl (C=O) groups excluding carboxylic acids is 2. The lowest BCUT2D eigenvalue weighted by Crippen LogP contribution is -2.49. The Labute approximate surface area is 172 Å². The van der Waals surface area contributed by atoms with Crippen molar-refractivity contribution < 1.29 is 9.59 Å². The van der Waals surface area contributed by atoms with Crippen LogP contribution in [0.5, 0.6) is 0 Å². The maximum atomic E-state index is 13.0. The van der Waals surface area contributed by atoms with Crippen LogP contribution >= 0.6 is 11.8 Å². The highest BCUT2D eigenvalue weighted by Gasteiger charge is 2.26. The van der Waals surface area contributed by atoms with Gasteiger partial charge in [0.2, 0.25) is 11.8 Å². The highest BCUT2D eigenvalue weighted by atomic mass is 32.2. The van der Waals surface area contributed by atoms with E-state index in [0.717, 1.165) is 11.3 Å². The first-order valence-corrected chi connectivity index (χ1v) is 10.8. The number of rotatable bonds is 9. The molecule has 2 aromatic rings.